The van der Waals surface area contributed by atoms with E-state index in [4.69, 9.17) is 13.9 Å². The number of rotatable bonds is 6. The molecule has 0 N–H and O–H groups in total. The van der Waals surface area contributed by atoms with Crippen molar-refractivity contribution in [3.8, 4) is 5.75 Å². The molecule has 2 heterocycles. The number of amides is 1. The molecule has 3 rings (SSSR count). The lowest BCUT2D eigenvalue weighted by molar-refractivity contribution is -0.138. The first-order valence-corrected chi connectivity index (χ1v) is 9.67. The molecule has 1 aliphatic rings. The lowest BCUT2D eigenvalue weighted by atomic mass is 10.00. The van der Waals surface area contributed by atoms with Gasteiger partial charge in [-0.3, -0.25) is 4.79 Å². The van der Waals surface area contributed by atoms with Gasteiger partial charge >= 0.3 is 5.97 Å². The van der Waals surface area contributed by atoms with Crippen LogP contribution < -0.4 is 4.74 Å². The summed E-state index contributed by atoms with van der Waals surface area (Å²) in [5.74, 6) is 0.110. The van der Waals surface area contributed by atoms with E-state index in [-0.39, 0.29) is 24.3 Å². The lowest BCUT2D eigenvalue weighted by Crippen LogP contribution is -2.45. The van der Waals surface area contributed by atoms with Crippen LogP contribution in [-0.4, -0.2) is 42.6 Å². The molecular formula is C21H27NO5. The molecule has 1 aromatic carbocycles. The zero-order chi connectivity index (χ0) is 19.4. The van der Waals surface area contributed by atoms with Crippen LogP contribution >= 0.6 is 0 Å². The second-order valence-electron chi connectivity index (χ2n) is 6.87. The number of carbonyl (C=O) groups is 2. The molecule has 1 aromatic heterocycles. The number of piperidine rings is 1. The van der Waals surface area contributed by atoms with E-state index in [2.05, 4.69) is 6.92 Å². The number of furan rings is 1. The van der Waals surface area contributed by atoms with Crippen LogP contribution in [0.2, 0.25) is 0 Å². The average molecular weight is 373 g/mol. The SMILES string of the molecule is CCOc1ccc2oc(C(=O)OCC(=O)N3CCCC[C@@H]3CC)c(C)c2c1. The fraction of sp³-hybridized carbons (Fsp3) is 0.524. The number of likely N-dealkylation sites (tertiary alicyclic amines) is 1. The molecule has 0 bridgehead atoms. The molecule has 1 saturated heterocycles. The van der Waals surface area contributed by atoms with Crippen molar-refractivity contribution in [3.05, 3.63) is 29.5 Å². The summed E-state index contributed by atoms with van der Waals surface area (Å²) in [6.07, 6.45) is 4.08. The van der Waals surface area contributed by atoms with E-state index < -0.39 is 5.97 Å². The minimum absolute atomic E-state index is 0.136. The van der Waals surface area contributed by atoms with Crippen molar-refractivity contribution in [2.75, 3.05) is 19.8 Å². The van der Waals surface area contributed by atoms with Crippen LogP contribution in [0.25, 0.3) is 11.0 Å². The van der Waals surface area contributed by atoms with Crippen LogP contribution in [-0.2, 0) is 9.53 Å². The van der Waals surface area contributed by atoms with Crippen molar-refractivity contribution in [2.24, 2.45) is 0 Å². The topological polar surface area (TPSA) is 69.0 Å². The molecule has 6 heteroatoms. The van der Waals surface area contributed by atoms with Gasteiger partial charge in [0.05, 0.1) is 6.61 Å². The number of esters is 1. The van der Waals surface area contributed by atoms with Crippen molar-refractivity contribution < 1.29 is 23.5 Å². The predicted octanol–water partition coefficient (Wildman–Crippen LogP) is 4.09. The Balaban J connectivity index is 1.69. The highest BCUT2D eigenvalue weighted by Crippen LogP contribution is 2.29. The summed E-state index contributed by atoms with van der Waals surface area (Å²) in [5, 5.41) is 0.807. The van der Waals surface area contributed by atoms with Gasteiger partial charge in [0.25, 0.3) is 5.91 Å². The standard InChI is InChI=1S/C21H27NO5/c1-4-15-8-6-7-11-22(15)19(23)13-26-21(24)20-14(3)17-12-16(25-5-2)9-10-18(17)27-20/h9-10,12,15H,4-8,11,13H2,1-3H3/t15-/m0/s1. The van der Waals surface area contributed by atoms with Crippen LogP contribution in [0.1, 0.15) is 55.6 Å². The monoisotopic (exact) mass is 373 g/mol. The summed E-state index contributed by atoms with van der Waals surface area (Å²) < 4.78 is 16.4. The van der Waals surface area contributed by atoms with E-state index in [0.717, 1.165) is 43.4 Å². The van der Waals surface area contributed by atoms with Gasteiger partial charge in [-0.15, -0.1) is 0 Å². The Hall–Kier alpha value is -2.50. The highest BCUT2D eigenvalue weighted by atomic mass is 16.5. The number of nitrogens with zero attached hydrogens (tertiary/aromatic N) is 1. The van der Waals surface area contributed by atoms with E-state index >= 15 is 0 Å². The van der Waals surface area contributed by atoms with E-state index in [1.54, 1.807) is 19.1 Å². The maximum atomic E-state index is 12.5. The summed E-state index contributed by atoms with van der Waals surface area (Å²) in [6, 6.07) is 5.66. The maximum Gasteiger partial charge on any atom is 0.375 e. The van der Waals surface area contributed by atoms with E-state index in [9.17, 15) is 9.59 Å². The number of aryl methyl sites for hydroxylation is 1. The van der Waals surface area contributed by atoms with Gasteiger partial charge in [-0.05, 0) is 57.7 Å². The van der Waals surface area contributed by atoms with Crippen LogP contribution in [0.3, 0.4) is 0 Å². The third-order valence-corrected chi connectivity index (χ3v) is 5.15. The molecule has 146 valence electrons. The zero-order valence-electron chi connectivity index (χ0n) is 16.2. The third kappa shape index (κ3) is 4.10. The number of fused-ring (bicyclic) bond motifs is 1. The number of ether oxygens (including phenoxy) is 2. The van der Waals surface area contributed by atoms with Gasteiger partial charge < -0.3 is 18.8 Å². The van der Waals surface area contributed by atoms with Gasteiger partial charge in [-0.1, -0.05) is 6.92 Å². The molecule has 6 nitrogen and oxygen atoms in total. The first-order valence-electron chi connectivity index (χ1n) is 9.67. The Morgan fingerprint density at radius 3 is 2.81 bits per heavy atom. The number of hydrogen-bond donors (Lipinski definition) is 0. The Kier molecular flexibility index (Phi) is 6.04. The smallest absolute Gasteiger partial charge is 0.375 e. The molecule has 1 amide bonds. The third-order valence-electron chi connectivity index (χ3n) is 5.15. The summed E-state index contributed by atoms with van der Waals surface area (Å²) in [4.78, 5) is 26.8. The Labute approximate surface area is 159 Å². The summed E-state index contributed by atoms with van der Waals surface area (Å²) >= 11 is 0. The molecule has 0 aliphatic carbocycles. The number of carbonyl (C=O) groups excluding carboxylic acids is 2. The molecule has 0 saturated carbocycles. The van der Waals surface area contributed by atoms with Crippen molar-refractivity contribution in [2.45, 2.75) is 52.5 Å². The Morgan fingerprint density at radius 2 is 2.07 bits per heavy atom. The highest BCUT2D eigenvalue weighted by Gasteiger charge is 2.27. The van der Waals surface area contributed by atoms with Gasteiger partial charge in [0, 0.05) is 23.5 Å². The van der Waals surface area contributed by atoms with E-state index in [1.807, 2.05) is 17.9 Å². The molecular weight excluding hydrogens is 346 g/mol. The maximum absolute atomic E-state index is 12.5. The molecule has 1 atom stereocenters. The van der Waals surface area contributed by atoms with Crippen LogP contribution in [0.15, 0.2) is 22.6 Å². The largest absolute Gasteiger partial charge is 0.494 e. The first-order chi connectivity index (χ1) is 13.0. The minimum Gasteiger partial charge on any atom is -0.494 e. The fourth-order valence-electron chi connectivity index (χ4n) is 3.68. The van der Waals surface area contributed by atoms with E-state index in [0.29, 0.717) is 17.8 Å². The van der Waals surface area contributed by atoms with Crippen LogP contribution in [0.5, 0.6) is 5.75 Å². The molecule has 2 aromatic rings. The summed E-state index contributed by atoms with van der Waals surface area (Å²) in [5.41, 5.74) is 1.28. The predicted molar refractivity (Wildman–Crippen MR) is 102 cm³/mol. The molecule has 1 aliphatic heterocycles. The first kappa shape index (κ1) is 19.3. The van der Waals surface area contributed by atoms with Gasteiger partial charge in [0.2, 0.25) is 5.76 Å². The van der Waals surface area contributed by atoms with Crippen molar-refractivity contribution in [1.29, 1.82) is 0 Å². The van der Waals surface area contributed by atoms with E-state index in [1.165, 1.54) is 0 Å². The van der Waals surface area contributed by atoms with Crippen molar-refractivity contribution >= 4 is 22.8 Å². The van der Waals surface area contributed by atoms with Crippen molar-refractivity contribution in [1.82, 2.24) is 4.90 Å². The minimum atomic E-state index is -0.611. The molecule has 0 unspecified atom stereocenters. The molecule has 0 spiro atoms. The normalized spacial score (nSPS) is 17.1. The molecule has 0 radical (unpaired) electrons. The van der Waals surface area contributed by atoms with Gasteiger partial charge in [0.15, 0.2) is 6.61 Å². The molecule has 1 fully saturated rings. The zero-order valence-corrected chi connectivity index (χ0v) is 16.2. The lowest BCUT2D eigenvalue weighted by Gasteiger charge is -2.35. The average Bonchev–Trinajstić information content (AvgIpc) is 3.02. The van der Waals surface area contributed by atoms with Crippen LogP contribution in [0.4, 0.5) is 0 Å². The Bertz CT molecular complexity index is 825. The van der Waals surface area contributed by atoms with Gasteiger partial charge in [-0.25, -0.2) is 4.79 Å². The summed E-state index contributed by atoms with van der Waals surface area (Å²) in [6.45, 7) is 6.84. The number of benzene rings is 1. The van der Waals surface area contributed by atoms with Crippen molar-refractivity contribution in [3.63, 3.8) is 0 Å². The molecule has 27 heavy (non-hydrogen) atoms. The summed E-state index contributed by atoms with van der Waals surface area (Å²) in [7, 11) is 0. The second-order valence-corrected chi connectivity index (χ2v) is 6.87. The second kappa shape index (κ2) is 8.46. The number of hydrogen-bond acceptors (Lipinski definition) is 5. The van der Waals surface area contributed by atoms with Gasteiger partial charge in [0.1, 0.15) is 11.3 Å². The quantitative estimate of drug-likeness (QED) is 0.714. The van der Waals surface area contributed by atoms with Gasteiger partial charge in [-0.2, -0.15) is 0 Å². The highest BCUT2D eigenvalue weighted by molar-refractivity contribution is 5.97. The Morgan fingerprint density at radius 1 is 1.26 bits per heavy atom. The van der Waals surface area contributed by atoms with Crippen LogP contribution in [0, 0.1) is 6.92 Å². The fourth-order valence-corrected chi connectivity index (χ4v) is 3.68.